The van der Waals surface area contributed by atoms with E-state index in [2.05, 4.69) is 4.72 Å². The Morgan fingerprint density at radius 3 is 2.68 bits per heavy atom. The third-order valence-electron chi connectivity index (χ3n) is 2.98. The SMILES string of the molecule is CC1(NS(=O)(=O)c2ccc(Cl)c(N)c2Cl)CCOC1. The monoisotopic (exact) mass is 324 g/mol. The van der Waals surface area contributed by atoms with Gasteiger partial charge in [-0.05, 0) is 25.5 Å². The third-order valence-corrected chi connectivity index (χ3v) is 5.51. The Bertz CT molecular complexity index is 598. The Morgan fingerprint density at radius 2 is 2.11 bits per heavy atom. The van der Waals surface area contributed by atoms with Crippen LogP contribution in [0.3, 0.4) is 0 Å². The van der Waals surface area contributed by atoms with Crippen molar-refractivity contribution in [1.82, 2.24) is 4.72 Å². The zero-order valence-electron chi connectivity index (χ0n) is 10.2. The van der Waals surface area contributed by atoms with E-state index in [9.17, 15) is 8.42 Å². The molecule has 0 aromatic heterocycles. The number of nitrogen functional groups attached to an aromatic ring is 1. The molecule has 19 heavy (non-hydrogen) atoms. The summed E-state index contributed by atoms with van der Waals surface area (Å²) in [6.07, 6.45) is 0.604. The summed E-state index contributed by atoms with van der Waals surface area (Å²) in [4.78, 5) is -0.0795. The molecule has 1 atom stereocenters. The van der Waals surface area contributed by atoms with E-state index in [4.69, 9.17) is 33.7 Å². The van der Waals surface area contributed by atoms with Crippen molar-refractivity contribution in [1.29, 1.82) is 0 Å². The number of hydrogen-bond donors (Lipinski definition) is 2. The summed E-state index contributed by atoms with van der Waals surface area (Å²) in [5.41, 5.74) is 5.07. The molecule has 2 rings (SSSR count). The van der Waals surface area contributed by atoms with Gasteiger partial charge in [-0.3, -0.25) is 0 Å². The molecule has 0 saturated carbocycles. The van der Waals surface area contributed by atoms with Crippen LogP contribution in [0.2, 0.25) is 10.0 Å². The molecule has 1 fully saturated rings. The number of halogens is 2. The van der Waals surface area contributed by atoms with E-state index in [0.29, 0.717) is 19.6 Å². The van der Waals surface area contributed by atoms with Gasteiger partial charge in [0, 0.05) is 6.61 Å². The van der Waals surface area contributed by atoms with Crippen LogP contribution in [-0.4, -0.2) is 27.2 Å². The van der Waals surface area contributed by atoms with Crippen LogP contribution < -0.4 is 10.5 Å². The van der Waals surface area contributed by atoms with Crippen molar-refractivity contribution in [3.05, 3.63) is 22.2 Å². The zero-order chi connectivity index (χ0) is 14.3. The molecule has 0 bridgehead atoms. The lowest BCUT2D eigenvalue weighted by Gasteiger charge is -2.23. The number of hydrogen-bond acceptors (Lipinski definition) is 4. The lowest BCUT2D eigenvalue weighted by atomic mass is 10.0. The summed E-state index contributed by atoms with van der Waals surface area (Å²) < 4.78 is 32.5. The van der Waals surface area contributed by atoms with E-state index in [1.807, 2.05) is 0 Å². The first kappa shape index (κ1) is 14.9. The van der Waals surface area contributed by atoms with Crippen LogP contribution in [0.5, 0.6) is 0 Å². The van der Waals surface area contributed by atoms with Crippen LogP contribution in [0.25, 0.3) is 0 Å². The van der Waals surface area contributed by atoms with Crippen LogP contribution in [0.1, 0.15) is 13.3 Å². The average Bonchev–Trinajstić information content (AvgIpc) is 2.71. The van der Waals surface area contributed by atoms with E-state index in [-0.39, 0.29) is 20.6 Å². The highest BCUT2D eigenvalue weighted by Gasteiger charge is 2.35. The van der Waals surface area contributed by atoms with Crippen LogP contribution in [0.4, 0.5) is 5.69 Å². The molecule has 5 nitrogen and oxygen atoms in total. The molecule has 1 heterocycles. The predicted molar refractivity (Wildman–Crippen MR) is 75.0 cm³/mol. The molecule has 8 heteroatoms. The number of nitrogens with one attached hydrogen (secondary N) is 1. The Balaban J connectivity index is 2.37. The maximum Gasteiger partial charge on any atom is 0.242 e. The minimum atomic E-state index is -3.77. The fourth-order valence-electron chi connectivity index (χ4n) is 1.88. The molecule has 0 radical (unpaired) electrons. The summed E-state index contributed by atoms with van der Waals surface area (Å²) in [6.45, 7) is 2.63. The van der Waals surface area contributed by atoms with Crippen LogP contribution in [0, 0.1) is 0 Å². The minimum absolute atomic E-state index is 0.0547. The van der Waals surface area contributed by atoms with Crippen molar-refractivity contribution in [2.24, 2.45) is 0 Å². The summed E-state index contributed by atoms with van der Waals surface area (Å²) in [6, 6.07) is 2.74. The maximum absolute atomic E-state index is 12.3. The van der Waals surface area contributed by atoms with Crippen LogP contribution in [-0.2, 0) is 14.8 Å². The second-order valence-corrected chi connectivity index (χ2v) is 7.18. The molecule has 0 aliphatic carbocycles. The fourth-order valence-corrected chi connectivity index (χ4v) is 4.07. The molecule has 1 aliphatic heterocycles. The second-order valence-electron chi connectivity index (χ2n) is 4.74. The molecule has 106 valence electrons. The smallest absolute Gasteiger partial charge is 0.242 e. The standard InChI is InChI=1S/C11H14Cl2N2O3S/c1-11(4-5-18-6-11)15-19(16,17)8-3-2-7(12)10(14)9(8)13/h2-3,15H,4-6,14H2,1H3. The molecule has 3 N–H and O–H groups in total. The first-order valence-corrected chi connectivity index (χ1v) is 7.84. The quantitative estimate of drug-likeness (QED) is 0.833. The molecule has 1 aliphatic rings. The molecular weight excluding hydrogens is 311 g/mol. The van der Waals surface area contributed by atoms with Crippen LogP contribution >= 0.6 is 23.2 Å². The van der Waals surface area contributed by atoms with Crippen molar-refractivity contribution < 1.29 is 13.2 Å². The minimum Gasteiger partial charge on any atom is -0.396 e. The molecule has 0 spiro atoms. The molecular formula is C11H14Cl2N2O3S. The van der Waals surface area contributed by atoms with E-state index in [1.165, 1.54) is 12.1 Å². The van der Waals surface area contributed by atoms with Crippen molar-refractivity contribution in [2.75, 3.05) is 18.9 Å². The van der Waals surface area contributed by atoms with Gasteiger partial charge in [-0.15, -0.1) is 0 Å². The molecule has 0 amide bonds. The van der Waals surface area contributed by atoms with Gasteiger partial charge in [-0.2, -0.15) is 0 Å². The number of ether oxygens (including phenoxy) is 1. The lowest BCUT2D eigenvalue weighted by Crippen LogP contribution is -2.46. The number of benzene rings is 1. The van der Waals surface area contributed by atoms with E-state index in [1.54, 1.807) is 6.92 Å². The number of rotatable bonds is 3. The van der Waals surface area contributed by atoms with Gasteiger partial charge in [0.25, 0.3) is 0 Å². The Kier molecular flexibility index (Phi) is 3.99. The fraction of sp³-hybridized carbons (Fsp3) is 0.455. The Hall–Kier alpha value is -0.530. The first-order valence-electron chi connectivity index (χ1n) is 5.60. The van der Waals surface area contributed by atoms with Crippen molar-refractivity contribution in [2.45, 2.75) is 23.8 Å². The van der Waals surface area contributed by atoms with Gasteiger partial charge in [-0.1, -0.05) is 23.2 Å². The van der Waals surface area contributed by atoms with E-state index >= 15 is 0 Å². The topological polar surface area (TPSA) is 81.4 Å². The number of anilines is 1. The van der Waals surface area contributed by atoms with Crippen molar-refractivity contribution >= 4 is 38.9 Å². The molecule has 1 aromatic carbocycles. The van der Waals surface area contributed by atoms with Gasteiger partial charge in [0.15, 0.2) is 0 Å². The lowest BCUT2D eigenvalue weighted by molar-refractivity contribution is 0.178. The highest BCUT2D eigenvalue weighted by Crippen LogP contribution is 2.34. The first-order chi connectivity index (χ1) is 8.75. The largest absolute Gasteiger partial charge is 0.396 e. The average molecular weight is 325 g/mol. The highest BCUT2D eigenvalue weighted by molar-refractivity contribution is 7.89. The predicted octanol–water partition coefficient (Wildman–Crippen LogP) is 2.03. The summed E-state index contributed by atoms with van der Waals surface area (Å²) in [5.74, 6) is 0. The molecule has 1 saturated heterocycles. The van der Waals surface area contributed by atoms with Crippen LogP contribution in [0.15, 0.2) is 17.0 Å². The number of sulfonamides is 1. The van der Waals surface area contributed by atoms with Gasteiger partial charge < -0.3 is 10.5 Å². The number of nitrogens with two attached hydrogens (primary N) is 1. The Labute approximate surface area is 122 Å². The van der Waals surface area contributed by atoms with E-state index < -0.39 is 15.6 Å². The molecule has 1 aromatic rings. The summed E-state index contributed by atoms with van der Waals surface area (Å²) >= 11 is 11.7. The normalized spacial score (nSPS) is 23.7. The van der Waals surface area contributed by atoms with Crippen molar-refractivity contribution in [3.63, 3.8) is 0 Å². The van der Waals surface area contributed by atoms with Crippen molar-refractivity contribution in [3.8, 4) is 0 Å². The third kappa shape index (κ3) is 2.98. The van der Waals surface area contributed by atoms with Gasteiger partial charge in [-0.25, -0.2) is 13.1 Å². The van der Waals surface area contributed by atoms with E-state index in [0.717, 1.165) is 0 Å². The molecule has 1 unspecified atom stereocenters. The zero-order valence-corrected chi connectivity index (χ0v) is 12.6. The maximum atomic E-state index is 12.3. The van der Waals surface area contributed by atoms with Gasteiger partial charge in [0.05, 0.1) is 27.9 Å². The summed E-state index contributed by atoms with van der Waals surface area (Å²) in [7, 11) is -3.77. The highest BCUT2D eigenvalue weighted by atomic mass is 35.5. The van der Waals surface area contributed by atoms with Gasteiger partial charge >= 0.3 is 0 Å². The van der Waals surface area contributed by atoms with Gasteiger partial charge in [0.1, 0.15) is 4.90 Å². The van der Waals surface area contributed by atoms with Gasteiger partial charge in [0.2, 0.25) is 10.0 Å². The Morgan fingerprint density at radius 1 is 1.42 bits per heavy atom. The summed E-state index contributed by atoms with van der Waals surface area (Å²) in [5, 5.41) is 0.155. The second kappa shape index (κ2) is 5.10.